The molecule has 1 heterocycles. The smallest absolute Gasteiger partial charge is 0.0915 e. The highest BCUT2D eigenvalue weighted by atomic mass is 15.5. The van der Waals surface area contributed by atoms with Crippen LogP contribution in [0, 0.1) is 0 Å². The zero-order chi connectivity index (χ0) is 12.7. The van der Waals surface area contributed by atoms with Crippen LogP contribution in [0.25, 0.3) is 0 Å². The maximum atomic E-state index is 4.49. The molecule has 0 spiro atoms. The minimum atomic E-state index is 0.0376. The van der Waals surface area contributed by atoms with Gasteiger partial charge in [0.05, 0.1) is 16.9 Å². The molecule has 96 valence electrons. The minimum absolute atomic E-state index is 0.0376. The van der Waals surface area contributed by atoms with Crippen molar-refractivity contribution in [2.75, 3.05) is 0 Å². The maximum absolute atomic E-state index is 4.49. The van der Waals surface area contributed by atoms with E-state index in [1.165, 1.54) is 37.1 Å². The number of fused-ring (bicyclic) bond motifs is 1. The first-order chi connectivity index (χ1) is 7.82. The van der Waals surface area contributed by atoms with Crippen molar-refractivity contribution < 1.29 is 0 Å². The summed E-state index contributed by atoms with van der Waals surface area (Å²) in [6, 6.07) is 0. The van der Waals surface area contributed by atoms with Gasteiger partial charge in [0.25, 0.3) is 0 Å². The summed E-state index contributed by atoms with van der Waals surface area (Å²) in [7, 11) is 0. The Morgan fingerprint density at radius 3 is 2.47 bits per heavy atom. The van der Waals surface area contributed by atoms with E-state index in [1.807, 2.05) is 0 Å². The van der Waals surface area contributed by atoms with E-state index in [0.717, 1.165) is 6.42 Å². The zero-order valence-corrected chi connectivity index (χ0v) is 11.9. The van der Waals surface area contributed by atoms with Crippen molar-refractivity contribution in [3.8, 4) is 0 Å². The molecule has 0 amide bonds. The summed E-state index contributed by atoms with van der Waals surface area (Å²) in [4.78, 5) is 0. The molecule has 0 atom stereocenters. The SMILES string of the molecule is CC1(C)CCCCCc2c1nnn2C(C)(C)C. The van der Waals surface area contributed by atoms with Gasteiger partial charge in [0, 0.05) is 5.41 Å². The maximum Gasteiger partial charge on any atom is 0.0915 e. The molecule has 0 aromatic carbocycles. The predicted octanol–water partition coefficient (Wildman–Crippen LogP) is 3.43. The molecule has 1 aliphatic carbocycles. The van der Waals surface area contributed by atoms with E-state index < -0.39 is 0 Å². The number of aromatic nitrogens is 3. The Kier molecular flexibility index (Phi) is 3.04. The lowest BCUT2D eigenvalue weighted by Gasteiger charge is -2.28. The second-order valence-corrected chi connectivity index (χ2v) is 6.91. The molecule has 1 aromatic heterocycles. The first-order valence-corrected chi connectivity index (χ1v) is 6.78. The first kappa shape index (κ1) is 12.6. The van der Waals surface area contributed by atoms with Gasteiger partial charge in [-0.3, -0.25) is 0 Å². The van der Waals surface area contributed by atoms with Crippen molar-refractivity contribution in [3.05, 3.63) is 11.4 Å². The van der Waals surface area contributed by atoms with Crippen LogP contribution in [0.2, 0.25) is 0 Å². The van der Waals surface area contributed by atoms with Gasteiger partial charge in [-0.05, 0) is 40.0 Å². The standard InChI is InChI=1S/C14H25N3/c1-13(2,3)17-11-9-7-6-8-10-14(4,5)12(11)15-16-17/h6-10H2,1-5H3. The Morgan fingerprint density at radius 1 is 1.12 bits per heavy atom. The van der Waals surface area contributed by atoms with Crippen LogP contribution in [0.3, 0.4) is 0 Å². The van der Waals surface area contributed by atoms with E-state index in [9.17, 15) is 0 Å². The third-order valence-electron chi connectivity index (χ3n) is 3.75. The summed E-state index contributed by atoms with van der Waals surface area (Å²) in [5.41, 5.74) is 2.81. The van der Waals surface area contributed by atoms with Crippen LogP contribution in [0.1, 0.15) is 71.7 Å². The minimum Gasteiger partial charge on any atom is -0.244 e. The Labute approximate surface area is 105 Å². The number of hydrogen-bond acceptors (Lipinski definition) is 2. The van der Waals surface area contributed by atoms with E-state index >= 15 is 0 Å². The molecule has 2 rings (SSSR count). The van der Waals surface area contributed by atoms with Crippen LogP contribution in [0.5, 0.6) is 0 Å². The van der Waals surface area contributed by atoms with E-state index in [2.05, 4.69) is 49.6 Å². The van der Waals surface area contributed by atoms with Gasteiger partial charge < -0.3 is 0 Å². The monoisotopic (exact) mass is 235 g/mol. The van der Waals surface area contributed by atoms with Gasteiger partial charge in [0.1, 0.15) is 0 Å². The van der Waals surface area contributed by atoms with Gasteiger partial charge in [0.15, 0.2) is 0 Å². The molecule has 0 N–H and O–H groups in total. The quantitative estimate of drug-likeness (QED) is 0.689. The molecule has 0 saturated carbocycles. The lowest BCUT2D eigenvalue weighted by atomic mass is 9.80. The van der Waals surface area contributed by atoms with Crippen molar-refractivity contribution in [2.45, 2.75) is 77.7 Å². The van der Waals surface area contributed by atoms with Crippen molar-refractivity contribution >= 4 is 0 Å². The summed E-state index contributed by atoms with van der Waals surface area (Å²) in [5, 5.41) is 8.91. The first-order valence-electron chi connectivity index (χ1n) is 6.78. The number of nitrogens with zero attached hydrogens (tertiary/aromatic N) is 3. The zero-order valence-electron chi connectivity index (χ0n) is 11.9. The number of rotatable bonds is 0. The van der Waals surface area contributed by atoms with Gasteiger partial charge in [-0.1, -0.05) is 31.9 Å². The molecule has 1 aromatic rings. The second kappa shape index (κ2) is 4.11. The molecule has 0 unspecified atom stereocenters. The Balaban J connectivity index is 2.49. The predicted molar refractivity (Wildman–Crippen MR) is 70.2 cm³/mol. The molecule has 17 heavy (non-hydrogen) atoms. The molecular weight excluding hydrogens is 210 g/mol. The molecule has 3 nitrogen and oxygen atoms in total. The average molecular weight is 235 g/mol. The molecule has 0 saturated heterocycles. The molecule has 1 aliphatic rings. The van der Waals surface area contributed by atoms with Gasteiger partial charge in [-0.2, -0.15) is 0 Å². The van der Waals surface area contributed by atoms with Crippen molar-refractivity contribution in [1.29, 1.82) is 0 Å². The molecule has 0 bridgehead atoms. The van der Waals surface area contributed by atoms with Crippen LogP contribution in [0.4, 0.5) is 0 Å². The highest BCUT2D eigenvalue weighted by Crippen LogP contribution is 2.34. The summed E-state index contributed by atoms with van der Waals surface area (Å²) < 4.78 is 2.13. The third kappa shape index (κ3) is 2.38. The van der Waals surface area contributed by atoms with Gasteiger partial charge in [-0.25, -0.2) is 4.68 Å². The Morgan fingerprint density at radius 2 is 1.82 bits per heavy atom. The summed E-state index contributed by atoms with van der Waals surface area (Å²) in [6.45, 7) is 11.2. The summed E-state index contributed by atoms with van der Waals surface area (Å²) in [6.07, 6.45) is 6.27. The highest BCUT2D eigenvalue weighted by molar-refractivity contribution is 5.21. The van der Waals surface area contributed by atoms with Gasteiger partial charge in [-0.15, -0.1) is 5.10 Å². The van der Waals surface area contributed by atoms with Crippen LogP contribution in [-0.4, -0.2) is 15.0 Å². The van der Waals surface area contributed by atoms with E-state index in [4.69, 9.17) is 0 Å². The average Bonchev–Trinajstić information content (AvgIpc) is 2.58. The molecule has 0 aliphatic heterocycles. The second-order valence-electron chi connectivity index (χ2n) is 6.91. The van der Waals surface area contributed by atoms with Crippen LogP contribution in [-0.2, 0) is 17.4 Å². The lowest BCUT2D eigenvalue weighted by molar-refractivity contribution is 0.331. The van der Waals surface area contributed by atoms with Gasteiger partial charge in [0.2, 0.25) is 0 Å². The van der Waals surface area contributed by atoms with E-state index in [0.29, 0.717) is 0 Å². The van der Waals surface area contributed by atoms with E-state index in [-0.39, 0.29) is 11.0 Å². The molecular formula is C14H25N3. The van der Waals surface area contributed by atoms with Crippen LogP contribution >= 0.6 is 0 Å². The topological polar surface area (TPSA) is 30.7 Å². The summed E-state index contributed by atoms with van der Waals surface area (Å²) >= 11 is 0. The third-order valence-corrected chi connectivity index (χ3v) is 3.75. The van der Waals surface area contributed by atoms with E-state index in [1.54, 1.807) is 0 Å². The van der Waals surface area contributed by atoms with Gasteiger partial charge >= 0.3 is 0 Å². The largest absolute Gasteiger partial charge is 0.244 e. The fourth-order valence-corrected chi connectivity index (χ4v) is 2.75. The highest BCUT2D eigenvalue weighted by Gasteiger charge is 2.32. The van der Waals surface area contributed by atoms with Crippen molar-refractivity contribution in [1.82, 2.24) is 15.0 Å². The van der Waals surface area contributed by atoms with Crippen LogP contribution in [0.15, 0.2) is 0 Å². The molecule has 0 radical (unpaired) electrons. The normalized spacial score (nSPS) is 20.5. The summed E-state index contributed by atoms with van der Waals surface area (Å²) in [5.74, 6) is 0. The fraction of sp³-hybridized carbons (Fsp3) is 0.857. The van der Waals surface area contributed by atoms with Crippen molar-refractivity contribution in [2.24, 2.45) is 0 Å². The Hall–Kier alpha value is -0.860. The molecule has 3 heteroatoms. The fourth-order valence-electron chi connectivity index (χ4n) is 2.75. The van der Waals surface area contributed by atoms with Crippen LogP contribution < -0.4 is 0 Å². The molecule has 0 fully saturated rings. The number of hydrogen-bond donors (Lipinski definition) is 0. The Bertz CT molecular complexity index is 396. The van der Waals surface area contributed by atoms with Crippen molar-refractivity contribution in [3.63, 3.8) is 0 Å². The lowest BCUT2D eigenvalue weighted by Crippen LogP contribution is -2.28.